The number of hydrogen-bond acceptors (Lipinski definition) is 3. The molecule has 0 N–H and O–H groups in total. The summed E-state index contributed by atoms with van der Waals surface area (Å²) in [6.07, 6.45) is 1.03. The van der Waals surface area contributed by atoms with E-state index in [2.05, 4.69) is 0 Å². The predicted octanol–water partition coefficient (Wildman–Crippen LogP) is 0.248. The molecule has 1 heterocycles. The molecule has 1 saturated heterocycles. The van der Waals surface area contributed by atoms with Crippen LogP contribution < -0.4 is 0 Å². The minimum Gasteiger partial charge on any atom is -0.312 e. The summed E-state index contributed by atoms with van der Waals surface area (Å²) in [5.74, 6) is -0.177. The van der Waals surface area contributed by atoms with Gasteiger partial charge in [-0.15, -0.1) is 0 Å². The molecular formula is C9H14N2O3. The molecule has 0 aliphatic carbocycles. The molecule has 0 saturated carbocycles. The van der Waals surface area contributed by atoms with Crippen LogP contribution in [0.5, 0.6) is 0 Å². The Morgan fingerprint density at radius 3 is 2.50 bits per heavy atom. The van der Waals surface area contributed by atoms with Crippen LogP contribution in [0.1, 0.15) is 20.3 Å². The second-order valence-electron chi connectivity index (χ2n) is 3.19. The number of urea groups is 1. The first-order valence-electron chi connectivity index (χ1n) is 4.69. The molecule has 0 aromatic carbocycles. The van der Waals surface area contributed by atoms with Crippen LogP contribution in [0.25, 0.3) is 0 Å². The summed E-state index contributed by atoms with van der Waals surface area (Å²) in [7, 11) is 0. The number of carbonyl (C=O) groups excluding carboxylic acids is 3. The van der Waals surface area contributed by atoms with E-state index in [9.17, 15) is 14.4 Å². The molecule has 5 heteroatoms. The molecule has 0 bridgehead atoms. The van der Waals surface area contributed by atoms with Crippen LogP contribution in [0.3, 0.4) is 0 Å². The van der Waals surface area contributed by atoms with E-state index in [-0.39, 0.29) is 18.4 Å². The van der Waals surface area contributed by atoms with Gasteiger partial charge < -0.3 is 9.69 Å². The van der Waals surface area contributed by atoms with E-state index in [1.165, 1.54) is 9.80 Å². The van der Waals surface area contributed by atoms with Crippen molar-refractivity contribution in [3.63, 3.8) is 0 Å². The Morgan fingerprint density at radius 2 is 2.07 bits per heavy atom. The van der Waals surface area contributed by atoms with Crippen LogP contribution in [0.15, 0.2) is 0 Å². The number of likely N-dealkylation sites (N-methyl/N-ethyl adjacent to an activating group) is 1. The van der Waals surface area contributed by atoms with E-state index in [4.69, 9.17) is 0 Å². The topological polar surface area (TPSA) is 57.7 Å². The minimum absolute atomic E-state index is 0.177. The van der Waals surface area contributed by atoms with Gasteiger partial charge in [0.15, 0.2) is 0 Å². The van der Waals surface area contributed by atoms with Gasteiger partial charge in [0.05, 0.1) is 0 Å². The fourth-order valence-corrected chi connectivity index (χ4v) is 1.55. The van der Waals surface area contributed by atoms with Crippen molar-refractivity contribution in [2.45, 2.75) is 26.3 Å². The third-order valence-electron chi connectivity index (χ3n) is 2.37. The largest absolute Gasteiger partial charge is 0.327 e. The Hall–Kier alpha value is -1.39. The van der Waals surface area contributed by atoms with Crippen LogP contribution >= 0.6 is 0 Å². The summed E-state index contributed by atoms with van der Waals surface area (Å²) in [4.78, 5) is 35.9. The zero-order valence-corrected chi connectivity index (χ0v) is 8.40. The molecule has 1 aliphatic rings. The zero-order chi connectivity index (χ0) is 10.7. The SMILES string of the molecule is CCN1C(=O)C(C)N(CCC=O)C1=O. The van der Waals surface area contributed by atoms with Crippen LogP contribution in [-0.4, -0.2) is 47.2 Å². The molecule has 3 amide bonds. The molecule has 0 spiro atoms. The number of rotatable bonds is 4. The summed E-state index contributed by atoms with van der Waals surface area (Å²) in [5.41, 5.74) is 0. The van der Waals surface area contributed by atoms with E-state index in [0.717, 1.165) is 6.29 Å². The van der Waals surface area contributed by atoms with Gasteiger partial charge in [0.25, 0.3) is 5.91 Å². The van der Waals surface area contributed by atoms with Crippen molar-refractivity contribution in [1.29, 1.82) is 0 Å². The maximum atomic E-state index is 11.6. The lowest BCUT2D eigenvalue weighted by molar-refractivity contribution is -0.127. The van der Waals surface area contributed by atoms with Crippen molar-refractivity contribution in [3.8, 4) is 0 Å². The van der Waals surface area contributed by atoms with Gasteiger partial charge in [-0.3, -0.25) is 9.69 Å². The quantitative estimate of drug-likeness (QED) is 0.480. The predicted molar refractivity (Wildman–Crippen MR) is 49.6 cm³/mol. The summed E-state index contributed by atoms with van der Waals surface area (Å²) in [6, 6.07) is -0.714. The van der Waals surface area contributed by atoms with Gasteiger partial charge in [-0.2, -0.15) is 0 Å². The third-order valence-corrected chi connectivity index (χ3v) is 2.37. The molecule has 5 nitrogen and oxygen atoms in total. The summed E-state index contributed by atoms with van der Waals surface area (Å²) < 4.78 is 0. The number of imide groups is 1. The maximum Gasteiger partial charge on any atom is 0.327 e. The molecule has 1 rings (SSSR count). The van der Waals surface area contributed by atoms with Crippen molar-refractivity contribution in [3.05, 3.63) is 0 Å². The lowest BCUT2D eigenvalue weighted by Crippen LogP contribution is -2.34. The van der Waals surface area contributed by atoms with Gasteiger partial charge >= 0.3 is 6.03 Å². The standard InChI is InChI=1S/C9H14N2O3/c1-3-10-8(13)7(2)11(9(10)14)5-4-6-12/h6-7H,3-5H2,1-2H3. The van der Waals surface area contributed by atoms with Gasteiger partial charge in [-0.1, -0.05) is 0 Å². The van der Waals surface area contributed by atoms with E-state index in [0.29, 0.717) is 13.1 Å². The second kappa shape index (κ2) is 4.21. The van der Waals surface area contributed by atoms with Crippen molar-refractivity contribution < 1.29 is 14.4 Å². The van der Waals surface area contributed by atoms with Gasteiger partial charge in [0, 0.05) is 19.5 Å². The average Bonchev–Trinajstić information content (AvgIpc) is 2.37. The summed E-state index contributed by atoms with van der Waals surface area (Å²) in [5, 5.41) is 0. The number of carbonyl (C=O) groups is 3. The van der Waals surface area contributed by atoms with Gasteiger partial charge in [0.1, 0.15) is 12.3 Å². The molecule has 1 atom stereocenters. The molecule has 1 unspecified atom stereocenters. The fourth-order valence-electron chi connectivity index (χ4n) is 1.55. The molecule has 0 aromatic heterocycles. The Balaban J connectivity index is 2.73. The highest BCUT2D eigenvalue weighted by atomic mass is 16.2. The molecule has 78 valence electrons. The average molecular weight is 198 g/mol. The molecule has 14 heavy (non-hydrogen) atoms. The minimum atomic E-state index is -0.428. The Kier molecular flexibility index (Phi) is 3.22. The van der Waals surface area contributed by atoms with Crippen LogP contribution in [0.4, 0.5) is 4.79 Å². The Labute approximate surface area is 82.7 Å². The lowest BCUT2D eigenvalue weighted by Gasteiger charge is -2.17. The third kappa shape index (κ3) is 1.62. The maximum absolute atomic E-state index is 11.6. The second-order valence-corrected chi connectivity index (χ2v) is 3.19. The first-order chi connectivity index (χ1) is 6.63. The molecule has 1 aliphatic heterocycles. The van der Waals surface area contributed by atoms with Crippen molar-refractivity contribution in [2.75, 3.05) is 13.1 Å². The monoisotopic (exact) mass is 198 g/mol. The Bertz CT molecular complexity index is 265. The molecular weight excluding hydrogens is 184 g/mol. The van der Waals surface area contributed by atoms with Crippen molar-refractivity contribution in [1.82, 2.24) is 9.80 Å². The van der Waals surface area contributed by atoms with Crippen molar-refractivity contribution in [2.24, 2.45) is 0 Å². The number of amides is 3. The van der Waals surface area contributed by atoms with Crippen LogP contribution in [0.2, 0.25) is 0 Å². The summed E-state index contributed by atoms with van der Waals surface area (Å²) in [6.45, 7) is 4.15. The highest BCUT2D eigenvalue weighted by molar-refractivity contribution is 6.03. The van der Waals surface area contributed by atoms with E-state index >= 15 is 0 Å². The first-order valence-corrected chi connectivity index (χ1v) is 4.69. The molecule has 0 radical (unpaired) electrons. The van der Waals surface area contributed by atoms with Gasteiger partial charge in [-0.05, 0) is 13.8 Å². The van der Waals surface area contributed by atoms with Gasteiger partial charge in [0.2, 0.25) is 0 Å². The van der Waals surface area contributed by atoms with E-state index in [1.54, 1.807) is 13.8 Å². The number of hydrogen-bond donors (Lipinski definition) is 0. The number of aldehydes is 1. The highest BCUT2D eigenvalue weighted by Gasteiger charge is 2.40. The van der Waals surface area contributed by atoms with Crippen LogP contribution in [0, 0.1) is 0 Å². The van der Waals surface area contributed by atoms with Crippen molar-refractivity contribution >= 4 is 18.2 Å². The summed E-state index contributed by atoms with van der Waals surface area (Å²) >= 11 is 0. The zero-order valence-electron chi connectivity index (χ0n) is 8.40. The first kappa shape index (κ1) is 10.7. The van der Waals surface area contributed by atoms with E-state index < -0.39 is 6.04 Å². The number of nitrogens with zero attached hydrogens (tertiary/aromatic N) is 2. The Morgan fingerprint density at radius 1 is 1.43 bits per heavy atom. The fraction of sp³-hybridized carbons (Fsp3) is 0.667. The highest BCUT2D eigenvalue weighted by Crippen LogP contribution is 2.16. The smallest absolute Gasteiger partial charge is 0.312 e. The normalized spacial score (nSPS) is 22.0. The van der Waals surface area contributed by atoms with Gasteiger partial charge in [-0.25, -0.2) is 4.79 Å². The molecule has 0 aromatic rings. The van der Waals surface area contributed by atoms with E-state index in [1.807, 2.05) is 0 Å². The lowest BCUT2D eigenvalue weighted by atomic mass is 10.3. The van der Waals surface area contributed by atoms with Crippen LogP contribution in [-0.2, 0) is 9.59 Å². The molecule has 1 fully saturated rings.